The minimum atomic E-state index is -3.76. The van der Waals surface area contributed by atoms with E-state index in [2.05, 4.69) is 5.32 Å². The van der Waals surface area contributed by atoms with Crippen LogP contribution in [0.3, 0.4) is 0 Å². The molecule has 2 unspecified atom stereocenters. The number of nitrogens with one attached hydrogen (secondary N) is 1. The number of aliphatic carboxylic acids is 1. The lowest BCUT2D eigenvalue weighted by atomic mass is 10.2. The smallest absolute Gasteiger partial charge is 0.375 e. The van der Waals surface area contributed by atoms with E-state index in [1.165, 1.54) is 0 Å². The number of hydrogen-bond acceptors (Lipinski definition) is 3. The molecule has 0 aromatic carbocycles. The number of aliphatic hydroxyl groups is 1. The first-order valence-corrected chi connectivity index (χ1v) is 4.46. The maximum Gasteiger partial charge on any atom is 0.375 e. The molecule has 1 aliphatic rings. The molecule has 0 amide bonds. The number of carbonyl (C=O) groups is 1. The number of rotatable bonds is 4. The average molecular weight is 209 g/mol. The second-order valence-corrected chi connectivity index (χ2v) is 3.50. The number of carboxylic acid groups (broad SMARTS) is 1. The third-order valence-electron chi connectivity index (χ3n) is 2.38. The van der Waals surface area contributed by atoms with Crippen molar-refractivity contribution in [3.8, 4) is 0 Å². The molecular formula is C8H13F2NO3. The van der Waals surface area contributed by atoms with Crippen LogP contribution in [0.25, 0.3) is 0 Å². The zero-order valence-electron chi connectivity index (χ0n) is 7.54. The van der Waals surface area contributed by atoms with Crippen LogP contribution in [0.1, 0.15) is 19.3 Å². The summed E-state index contributed by atoms with van der Waals surface area (Å²) in [6, 6.07) is -0.403. The van der Waals surface area contributed by atoms with E-state index in [0.29, 0.717) is 12.8 Å². The predicted octanol–water partition coefficient (Wildman–Crippen LogP) is 0.209. The van der Waals surface area contributed by atoms with E-state index in [0.717, 1.165) is 6.42 Å². The standard InChI is InChI=1S/C8H13F2NO3/c9-8(10,7(13)14)4-11-5-2-1-3-6(5)12/h5-6,11-12H,1-4H2,(H,13,14). The number of halogens is 2. The minimum Gasteiger partial charge on any atom is -0.477 e. The van der Waals surface area contributed by atoms with Gasteiger partial charge in [0.15, 0.2) is 0 Å². The van der Waals surface area contributed by atoms with Crippen LogP contribution >= 0.6 is 0 Å². The van der Waals surface area contributed by atoms with Gasteiger partial charge in [0, 0.05) is 6.04 Å². The topological polar surface area (TPSA) is 69.6 Å². The molecule has 6 heteroatoms. The van der Waals surface area contributed by atoms with Crippen molar-refractivity contribution in [3.63, 3.8) is 0 Å². The van der Waals surface area contributed by atoms with Gasteiger partial charge in [-0.3, -0.25) is 0 Å². The van der Waals surface area contributed by atoms with Crippen LogP contribution in [-0.4, -0.2) is 40.8 Å². The van der Waals surface area contributed by atoms with Crippen molar-refractivity contribution >= 4 is 5.97 Å². The van der Waals surface area contributed by atoms with E-state index in [4.69, 9.17) is 5.11 Å². The van der Waals surface area contributed by atoms with Gasteiger partial charge in [0.2, 0.25) is 0 Å². The van der Waals surface area contributed by atoms with Crippen molar-refractivity contribution < 1.29 is 23.8 Å². The first kappa shape index (κ1) is 11.3. The first-order valence-electron chi connectivity index (χ1n) is 4.46. The zero-order chi connectivity index (χ0) is 10.8. The van der Waals surface area contributed by atoms with Gasteiger partial charge in [-0.15, -0.1) is 0 Å². The third-order valence-corrected chi connectivity index (χ3v) is 2.38. The quantitative estimate of drug-likeness (QED) is 0.619. The normalized spacial score (nSPS) is 27.9. The summed E-state index contributed by atoms with van der Waals surface area (Å²) in [5.74, 6) is -5.90. The Hall–Kier alpha value is -0.750. The molecule has 0 aromatic rings. The molecule has 1 fully saturated rings. The molecule has 1 aliphatic carbocycles. The van der Waals surface area contributed by atoms with Crippen molar-refractivity contribution in [1.82, 2.24) is 5.32 Å². The van der Waals surface area contributed by atoms with Gasteiger partial charge in [0.05, 0.1) is 12.6 Å². The van der Waals surface area contributed by atoms with Gasteiger partial charge in [0.25, 0.3) is 0 Å². The van der Waals surface area contributed by atoms with Gasteiger partial charge in [-0.2, -0.15) is 8.78 Å². The van der Waals surface area contributed by atoms with E-state index >= 15 is 0 Å². The SMILES string of the molecule is O=C(O)C(F)(F)CNC1CCCC1O. The summed E-state index contributed by atoms with van der Waals surface area (Å²) >= 11 is 0. The summed E-state index contributed by atoms with van der Waals surface area (Å²) in [6.45, 7) is -0.927. The Morgan fingerprint density at radius 3 is 2.57 bits per heavy atom. The summed E-state index contributed by atoms with van der Waals surface area (Å²) in [5, 5.41) is 19.8. The summed E-state index contributed by atoms with van der Waals surface area (Å²) in [5.41, 5.74) is 0. The highest BCUT2D eigenvalue weighted by Crippen LogP contribution is 2.20. The summed E-state index contributed by atoms with van der Waals surface area (Å²) in [6.07, 6.45) is 1.32. The molecule has 14 heavy (non-hydrogen) atoms. The molecule has 82 valence electrons. The molecule has 1 rings (SSSR count). The number of hydrogen-bond donors (Lipinski definition) is 3. The highest BCUT2D eigenvalue weighted by molar-refractivity contribution is 5.75. The van der Waals surface area contributed by atoms with Crippen molar-refractivity contribution in [3.05, 3.63) is 0 Å². The monoisotopic (exact) mass is 209 g/mol. The first-order chi connectivity index (χ1) is 6.43. The number of carboxylic acids is 1. The van der Waals surface area contributed by atoms with Gasteiger partial charge >= 0.3 is 11.9 Å². The van der Waals surface area contributed by atoms with Crippen LogP contribution < -0.4 is 5.32 Å². The lowest BCUT2D eigenvalue weighted by Crippen LogP contribution is -2.46. The zero-order valence-corrected chi connectivity index (χ0v) is 7.54. The molecule has 0 aromatic heterocycles. The van der Waals surface area contributed by atoms with Gasteiger partial charge < -0.3 is 15.5 Å². The number of aliphatic hydroxyl groups excluding tert-OH is 1. The van der Waals surface area contributed by atoms with Crippen molar-refractivity contribution in [2.45, 2.75) is 37.3 Å². The van der Waals surface area contributed by atoms with Crippen LogP contribution in [0, 0.1) is 0 Å². The Balaban J connectivity index is 2.36. The van der Waals surface area contributed by atoms with Gasteiger partial charge in [0.1, 0.15) is 0 Å². The maximum atomic E-state index is 12.6. The highest BCUT2D eigenvalue weighted by atomic mass is 19.3. The van der Waals surface area contributed by atoms with Gasteiger partial charge in [-0.1, -0.05) is 0 Å². The van der Waals surface area contributed by atoms with Crippen molar-refractivity contribution in [2.75, 3.05) is 6.54 Å². The van der Waals surface area contributed by atoms with Crippen molar-refractivity contribution in [2.24, 2.45) is 0 Å². The maximum absolute atomic E-state index is 12.6. The molecule has 4 nitrogen and oxygen atoms in total. The molecule has 0 radical (unpaired) electrons. The predicted molar refractivity (Wildman–Crippen MR) is 44.2 cm³/mol. The Morgan fingerprint density at radius 2 is 2.14 bits per heavy atom. The van der Waals surface area contributed by atoms with Gasteiger partial charge in [-0.05, 0) is 19.3 Å². The van der Waals surface area contributed by atoms with Crippen molar-refractivity contribution in [1.29, 1.82) is 0 Å². The fourth-order valence-electron chi connectivity index (χ4n) is 1.51. The molecule has 0 saturated heterocycles. The van der Waals surface area contributed by atoms with Gasteiger partial charge in [-0.25, -0.2) is 4.79 Å². The van der Waals surface area contributed by atoms with Crippen LogP contribution in [0.2, 0.25) is 0 Å². The molecule has 3 N–H and O–H groups in total. The Kier molecular flexibility index (Phi) is 3.38. The molecule has 2 atom stereocenters. The highest BCUT2D eigenvalue weighted by Gasteiger charge is 2.40. The molecule has 1 saturated carbocycles. The van der Waals surface area contributed by atoms with Crippen LogP contribution in [-0.2, 0) is 4.79 Å². The van der Waals surface area contributed by atoms with E-state index in [-0.39, 0.29) is 0 Å². The van der Waals surface area contributed by atoms with E-state index in [1.54, 1.807) is 0 Å². The Bertz CT molecular complexity index is 223. The summed E-state index contributed by atoms with van der Waals surface area (Å²) in [7, 11) is 0. The molecule has 0 aliphatic heterocycles. The molecule has 0 spiro atoms. The fourth-order valence-corrected chi connectivity index (χ4v) is 1.51. The summed E-state index contributed by atoms with van der Waals surface area (Å²) in [4.78, 5) is 10.1. The van der Waals surface area contributed by atoms with E-state index in [9.17, 15) is 18.7 Å². The lowest BCUT2D eigenvalue weighted by Gasteiger charge is -2.19. The van der Waals surface area contributed by atoms with E-state index < -0.39 is 30.6 Å². The molecular weight excluding hydrogens is 196 g/mol. The van der Waals surface area contributed by atoms with E-state index in [1.807, 2.05) is 0 Å². The summed E-state index contributed by atoms with van der Waals surface area (Å²) < 4.78 is 25.2. The molecule has 0 heterocycles. The number of alkyl halides is 2. The Labute approximate surface area is 79.9 Å². The fraction of sp³-hybridized carbons (Fsp3) is 0.875. The lowest BCUT2D eigenvalue weighted by molar-refractivity contribution is -0.164. The molecule has 0 bridgehead atoms. The Morgan fingerprint density at radius 1 is 1.50 bits per heavy atom. The minimum absolute atomic E-state index is 0.403. The second-order valence-electron chi connectivity index (χ2n) is 3.50. The van der Waals surface area contributed by atoms with Crippen LogP contribution in [0.4, 0.5) is 8.78 Å². The largest absolute Gasteiger partial charge is 0.477 e. The van der Waals surface area contributed by atoms with Crippen LogP contribution in [0.15, 0.2) is 0 Å². The van der Waals surface area contributed by atoms with Crippen LogP contribution in [0.5, 0.6) is 0 Å². The second kappa shape index (κ2) is 4.18. The third kappa shape index (κ3) is 2.62. The average Bonchev–Trinajstić information content (AvgIpc) is 2.47.